The average molecular weight is 418 g/mol. The Hall–Kier alpha value is -3.45. The minimum absolute atomic E-state index is 0.167. The predicted molar refractivity (Wildman–Crippen MR) is 120 cm³/mol. The van der Waals surface area contributed by atoms with Gasteiger partial charge < -0.3 is 19.9 Å². The van der Waals surface area contributed by atoms with Crippen LogP contribution in [0.25, 0.3) is 0 Å². The summed E-state index contributed by atoms with van der Waals surface area (Å²) in [5.74, 6) is 1.20. The summed E-state index contributed by atoms with van der Waals surface area (Å²) in [6, 6.07) is 17.1. The number of carbonyl (C=O) groups excluding carboxylic acids is 1. The summed E-state index contributed by atoms with van der Waals surface area (Å²) in [5, 5.41) is 3.01. The molecule has 1 saturated heterocycles. The monoisotopic (exact) mass is 417 g/mol. The van der Waals surface area contributed by atoms with Gasteiger partial charge in [-0.05, 0) is 24.7 Å². The normalized spacial score (nSPS) is 14.3. The van der Waals surface area contributed by atoms with Crippen molar-refractivity contribution in [3.8, 4) is 5.88 Å². The van der Waals surface area contributed by atoms with E-state index in [-0.39, 0.29) is 5.91 Å². The van der Waals surface area contributed by atoms with Gasteiger partial charge in [-0.1, -0.05) is 36.4 Å². The molecule has 160 valence electrons. The lowest BCUT2D eigenvalue weighted by Gasteiger charge is -2.34. The Morgan fingerprint density at radius 2 is 1.81 bits per heavy atom. The van der Waals surface area contributed by atoms with Gasteiger partial charge in [0.15, 0.2) is 0 Å². The van der Waals surface area contributed by atoms with Crippen LogP contribution in [0, 0.1) is 0 Å². The SMILES string of the molecule is CN1CCN(c2ncccc2CNC(=O)c2ccnc(OCc3ccccc3)c2)CC1. The highest BCUT2D eigenvalue weighted by molar-refractivity contribution is 5.94. The molecule has 0 radical (unpaired) electrons. The van der Waals surface area contributed by atoms with E-state index in [0.717, 1.165) is 43.1 Å². The Kier molecular flexibility index (Phi) is 6.74. The van der Waals surface area contributed by atoms with E-state index in [2.05, 4.69) is 32.1 Å². The molecular formula is C24H27N5O2. The first-order chi connectivity index (χ1) is 15.2. The fraction of sp³-hybridized carbons (Fsp3) is 0.292. The molecule has 0 saturated carbocycles. The third kappa shape index (κ3) is 5.58. The number of piperazine rings is 1. The van der Waals surface area contributed by atoms with Crippen LogP contribution in [0.2, 0.25) is 0 Å². The molecule has 2 aromatic heterocycles. The van der Waals surface area contributed by atoms with Gasteiger partial charge in [0.1, 0.15) is 12.4 Å². The van der Waals surface area contributed by atoms with E-state index in [1.54, 1.807) is 24.5 Å². The van der Waals surface area contributed by atoms with Crippen molar-refractivity contribution in [2.24, 2.45) is 0 Å². The van der Waals surface area contributed by atoms with Crippen molar-refractivity contribution in [1.82, 2.24) is 20.2 Å². The molecule has 0 aliphatic carbocycles. The quantitative estimate of drug-likeness (QED) is 0.638. The molecule has 3 heterocycles. The zero-order chi connectivity index (χ0) is 21.5. The molecular weight excluding hydrogens is 390 g/mol. The number of amides is 1. The lowest BCUT2D eigenvalue weighted by molar-refractivity contribution is 0.0950. The van der Waals surface area contributed by atoms with Crippen molar-refractivity contribution >= 4 is 11.7 Å². The van der Waals surface area contributed by atoms with Gasteiger partial charge in [0.2, 0.25) is 5.88 Å². The molecule has 4 rings (SSSR count). The van der Waals surface area contributed by atoms with Gasteiger partial charge >= 0.3 is 0 Å². The predicted octanol–water partition coefficient (Wildman–Crippen LogP) is 2.74. The van der Waals surface area contributed by atoms with Gasteiger partial charge in [-0.3, -0.25) is 4.79 Å². The Bertz CT molecular complexity index is 1000. The van der Waals surface area contributed by atoms with Gasteiger partial charge in [0.25, 0.3) is 5.91 Å². The Morgan fingerprint density at radius 1 is 1.00 bits per heavy atom. The summed E-state index contributed by atoms with van der Waals surface area (Å²) in [5.41, 5.74) is 2.57. The number of rotatable bonds is 7. The molecule has 3 aromatic rings. The Balaban J connectivity index is 1.37. The van der Waals surface area contributed by atoms with Crippen LogP contribution in [0.15, 0.2) is 67.0 Å². The lowest BCUT2D eigenvalue weighted by atomic mass is 10.2. The van der Waals surface area contributed by atoms with E-state index in [0.29, 0.717) is 24.6 Å². The molecule has 31 heavy (non-hydrogen) atoms. The van der Waals surface area contributed by atoms with Crippen LogP contribution < -0.4 is 15.0 Å². The number of benzene rings is 1. The van der Waals surface area contributed by atoms with Crippen molar-refractivity contribution in [1.29, 1.82) is 0 Å². The second-order valence-corrected chi connectivity index (χ2v) is 7.62. The van der Waals surface area contributed by atoms with Crippen LogP contribution in [0.5, 0.6) is 5.88 Å². The molecule has 0 unspecified atom stereocenters. The van der Waals surface area contributed by atoms with Crippen LogP contribution in [0.4, 0.5) is 5.82 Å². The summed E-state index contributed by atoms with van der Waals surface area (Å²) in [6.45, 7) is 4.69. The maximum Gasteiger partial charge on any atom is 0.251 e. The van der Waals surface area contributed by atoms with Gasteiger partial charge in [-0.15, -0.1) is 0 Å². The third-order valence-corrected chi connectivity index (χ3v) is 5.34. The average Bonchev–Trinajstić information content (AvgIpc) is 2.83. The standard InChI is InChI=1S/C24H27N5O2/c1-28-12-14-29(15-13-28)23-21(8-5-10-26-23)17-27-24(30)20-9-11-25-22(16-20)31-18-19-6-3-2-4-7-19/h2-11,16H,12-15,17-18H2,1H3,(H,27,30). The largest absolute Gasteiger partial charge is 0.473 e. The van der Waals surface area contributed by atoms with Crippen LogP contribution >= 0.6 is 0 Å². The molecule has 1 aliphatic heterocycles. The number of anilines is 1. The molecule has 1 fully saturated rings. The number of hydrogen-bond donors (Lipinski definition) is 1. The first kappa shape index (κ1) is 20.8. The minimum Gasteiger partial charge on any atom is -0.473 e. The number of nitrogens with one attached hydrogen (secondary N) is 1. The van der Waals surface area contributed by atoms with Crippen LogP contribution in [-0.4, -0.2) is 54.0 Å². The second kappa shape index (κ2) is 10.0. The number of ether oxygens (including phenoxy) is 1. The molecule has 1 aromatic carbocycles. The Labute approximate surface area is 182 Å². The van der Waals surface area contributed by atoms with Crippen molar-refractivity contribution in [3.05, 3.63) is 83.7 Å². The van der Waals surface area contributed by atoms with Crippen LogP contribution in [-0.2, 0) is 13.2 Å². The number of pyridine rings is 2. The highest BCUT2D eigenvalue weighted by atomic mass is 16.5. The molecule has 1 amide bonds. The molecule has 7 nitrogen and oxygen atoms in total. The van der Waals surface area contributed by atoms with Crippen LogP contribution in [0.3, 0.4) is 0 Å². The van der Waals surface area contributed by atoms with E-state index in [4.69, 9.17) is 4.74 Å². The topological polar surface area (TPSA) is 70.6 Å². The fourth-order valence-corrected chi connectivity index (χ4v) is 3.51. The number of nitrogens with zero attached hydrogens (tertiary/aromatic N) is 4. The zero-order valence-electron chi connectivity index (χ0n) is 17.7. The summed E-state index contributed by atoms with van der Waals surface area (Å²) in [6.07, 6.45) is 3.40. The number of hydrogen-bond acceptors (Lipinski definition) is 6. The minimum atomic E-state index is -0.167. The lowest BCUT2D eigenvalue weighted by Crippen LogP contribution is -2.45. The summed E-state index contributed by atoms with van der Waals surface area (Å²) in [7, 11) is 2.13. The van der Waals surface area contributed by atoms with Crippen LogP contribution in [0.1, 0.15) is 21.5 Å². The fourth-order valence-electron chi connectivity index (χ4n) is 3.51. The third-order valence-electron chi connectivity index (χ3n) is 5.34. The molecule has 7 heteroatoms. The van der Waals surface area contributed by atoms with E-state index >= 15 is 0 Å². The molecule has 0 atom stereocenters. The van der Waals surface area contributed by atoms with Gasteiger partial charge in [0, 0.05) is 62.3 Å². The van der Waals surface area contributed by atoms with E-state index in [1.165, 1.54) is 0 Å². The molecule has 1 N–H and O–H groups in total. The first-order valence-electron chi connectivity index (χ1n) is 10.5. The van der Waals surface area contributed by atoms with E-state index in [1.807, 2.05) is 42.5 Å². The molecule has 0 spiro atoms. The smallest absolute Gasteiger partial charge is 0.251 e. The highest BCUT2D eigenvalue weighted by Crippen LogP contribution is 2.19. The molecule has 0 bridgehead atoms. The van der Waals surface area contributed by atoms with Gasteiger partial charge in [0.05, 0.1) is 0 Å². The number of carbonyl (C=O) groups is 1. The number of likely N-dealkylation sites (N-methyl/N-ethyl adjacent to an activating group) is 1. The summed E-state index contributed by atoms with van der Waals surface area (Å²) < 4.78 is 5.74. The summed E-state index contributed by atoms with van der Waals surface area (Å²) in [4.78, 5) is 26.1. The van der Waals surface area contributed by atoms with Crippen molar-refractivity contribution < 1.29 is 9.53 Å². The second-order valence-electron chi connectivity index (χ2n) is 7.62. The van der Waals surface area contributed by atoms with Gasteiger partial charge in [-0.25, -0.2) is 9.97 Å². The van der Waals surface area contributed by atoms with Gasteiger partial charge in [-0.2, -0.15) is 0 Å². The zero-order valence-corrected chi connectivity index (χ0v) is 17.7. The maximum atomic E-state index is 12.7. The van der Waals surface area contributed by atoms with Crippen molar-refractivity contribution in [2.75, 3.05) is 38.1 Å². The number of aromatic nitrogens is 2. The van der Waals surface area contributed by atoms with Crippen molar-refractivity contribution in [2.45, 2.75) is 13.2 Å². The highest BCUT2D eigenvalue weighted by Gasteiger charge is 2.18. The summed E-state index contributed by atoms with van der Waals surface area (Å²) >= 11 is 0. The maximum absolute atomic E-state index is 12.7. The Morgan fingerprint density at radius 3 is 2.61 bits per heavy atom. The molecule has 1 aliphatic rings. The van der Waals surface area contributed by atoms with Crippen molar-refractivity contribution in [3.63, 3.8) is 0 Å². The first-order valence-corrected chi connectivity index (χ1v) is 10.5. The van der Waals surface area contributed by atoms with E-state index < -0.39 is 0 Å². The van der Waals surface area contributed by atoms with E-state index in [9.17, 15) is 4.79 Å².